The van der Waals surface area contributed by atoms with Crippen molar-refractivity contribution >= 4 is 0 Å². The largest absolute Gasteiger partial charge is 0.319 e. The molecule has 2 heteroatoms. The summed E-state index contributed by atoms with van der Waals surface area (Å²) in [6.45, 7) is 11.1. The number of hydrogen-bond donors (Lipinski definition) is 1. The van der Waals surface area contributed by atoms with Gasteiger partial charge in [-0.25, -0.2) is 0 Å². The maximum atomic E-state index is 4.07. The number of nitrogens with zero attached hydrogens (tertiary/aromatic N) is 1. The molecule has 0 spiro atoms. The third-order valence-corrected chi connectivity index (χ3v) is 3.15. The van der Waals surface area contributed by atoms with Crippen molar-refractivity contribution in [1.82, 2.24) is 10.2 Å². The Morgan fingerprint density at radius 1 is 1.43 bits per heavy atom. The predicted molar refractivity (Wildman–Crippen MR) is 62.5 cm³/mol. The van der Waals surface area contributed by atoms with E-state index < -0.39 is 0 Å². The summed E-state index contributed by atoms with van der Waals surface area (Å²) in [7, 11) is 2.05. The Labute approximate surface area is 88.4 Å². The van der Waals surface area contributed by atoms with E-state index in [1.54, 1.807) is 0 Å². The predicted octanol–water partition coefficient (Wildman–Crippen LogP) is 1.88. The van der Waals surface area contributed by atoms with E-state index in [1.165, 1.54) is 38.0 Å². The molecule has 1 aliphatic rings. The van der Waals surface area contributed by atoms with Gasteiger partial charge in [0.2, 0.25) is 0 Å². The van der Waals surface area contributed by atoms with Gasteiger partial charge in [0.15, 0.2) is 0 Å². The van der Waals surface area contributed by atoms with Gasteiger partial charge in [0.25, 0.3) is 0 Å². The highest BCUT2D eigenvalue weighted by Gasteiger charge is 2.18. The van der Waals surface area contributed by atoms with Gasteiger partial charge in [-0.05, 0) is 51.9 Å². The summed E-state index contributed by atoms with van der Waals surface area (Å²) in [5.74, 6) is 0.895. The Balaban J connectivity index is 2.18. The molecule has 0 aromatic rings. The maximum Gasteiger partial charge on any atom is 0.0190 e. The minimum atomic E-state index is 0.895. The second-order valence-electron chi connectivity index (χ2n) is 4.38. The maximum absolute atomic E-state index is 4.07. The topological polar surface area (TPSA) is 15.3 Å². The van der Waals surface area contributed by atoms with E-state index in [-0.39, 0.29) is 0 Å². The van der Waals surface area contributed by atoms with Crippen molar-refractivity contribution in [3.8, 4) is 0 Å². The first kappa shape index (κ1) is 11.7. The Morgan fingerprint density at radius 3 is 2.57 bits per heavy atom. The average Bonchev–Trinajstić information content (AvgIpc) is 2.21. The Kier molecular flexibility index (Phi) is 5.20. The van der Waals surface area contributed by atoms with Crippen LogP contribution >= 0.6 is 0 Å². The van der Waals surface area contributed by atoms with Crippen molar-refractivity contribution in [2.24, 2.45) is 5.92 Å². The van der Waals surface area contributed by atoms with Crippen molar-refractivity contribution in [2.75, 3.05) is 33.2 Å². The lowest BCUT2D eigenvalue weighted by Crippen LogP contribution is -2.37. The van der Waals surface area contributed by atoms with Gasteiger partial charge in [-0.2, -0.15) is 0 Å². The lowest BCUT2D eigenvalue weighted by Gasteiger charge is -2.32. The van der Waals surface area contributed by atoms with Crippen molar-refractivity contribution in [1.29, 1.82) is 0 Å². The standard InChI is InChI=1S/C12H24N2/c1-4-11(2)10-14-7-5-12(6-8-14)9-13-3/h12-13H,2,4-10H2,1,3H3. The number of rotatable bonds is 5. The molecule has 82 valence electrons. The quantitative estimate of drug-likeness (QED) is 0.675. The molecule has 0 aromatic carbocycles. The van der Waals surface area contributed by atoms with Crippen LogP contribution in [0.1, 0.15) is 26.2 Å². The zero-order valence-electron chi connectivity index (χ0n) is 9.68. The lowest BCUT2D eigenvalue weighted by molar-refractivity contribution is 0.195. The molecule has 1 rings (SSSR count). The zero-order chi connectivity index (χ0) is 10.4. The summed E-state index contributed by atoms with van der Waals surface area (Å²) in [5.41, 5.74) is 1.37. The fourth-order valence-electron chi connectivity index (χ4n) is 2.07. The molecular weight excluding hydrogens is 172 g/mol. The molecule has 1 N–H and O–H groups in total. The van der Waals surface area contributed by atoms with Gasteiger partial charge in [0.1, 0.15) is 0 Å². The molecule has 0 aromatic heterocycles. The van der Waals surface area contributed by atoms with Gasteiger partial charge >= 0.3 is 0 Å². The van der Waals surface area contributed by atoms with Crippen LogP contribution in [0.4, 0.5) is 0 Å². The normalized spacial score (nSPS) is 19.9. The second-order valence-corrected chi connectivity index (χ2v) is 4.38. The molecule has 1 aliphatic heterocycles. The fraction of sp³-hybridized carbons (Fsp3) is 0.833. The van der Waals surface area contributed by atoms with Crippen molar-refractivity contribution in [3.05, 3.63) is 12.2 Å². The first-order valence-electron chi connectivity index (χ1n) is 5.79. The Bertz CT molecular complexity index is 169. The highest BCUT2D eigenvalue weighted by atomic mass is 15.1. The molecule has 1 heterocycles. The zero-order valence-corrected chi connectivity index (χ0v) is 9.68. The molecule has 0 unspecified atom stereocenters. The SMILES string of the molecule is C=C(CC)CN1CCC(CNC)CC1. The van der Waals surface area contributed by atoms with Crippen LogP contribution in [0.25, 0.3) is 0 Å². The molecule has 0 amide bonds. The number of hydrogen-bond acceptors (Lipinski definition) is 2. The Hall–Kier alpha value is -0.340. The monoisotopic (exact) mass is 196 g/mol. The van der Waals surface area contributed by atoms with Gasteiger partial charge in [-0.1, -0.05) is 19.1 Å². The molecule has 2 nitrogen and oxygen atoms in total. The summed E-state index contributed by atoms with van der Waals surface area (Å²) in [6.07, 6.45) is 3.81. The van der Waals surface area contributed by atoms with Crippen molar-refractivity contribution in [3.63, 3.8) is 0 Å². The van der Waals surface area contributed by atoms with E-state index in [2.05, 4.69) is 23.7 Å². The summed E-state index contributed by atoms with van der Waals surface area (Å²) in [4.78, 5) is 2.54. The smallest absolute Gasteiger partial charge is 0.0190 e. The summed E-state index contributed by atoms with van der Waals surface area (Å²) in [6, 6.07) is 0. The molecule has 0 saturated carbocycles. The first-order valence-corrected chi connectivity index (χ1v) is 5.79. The molecule has 0 atom stereocenters. The van der Waals surface area contributed by atoms with Gasteiger partial charge in [0.05, 0.1) is 0 Å². The number of piperidine rings is 1. The molecule has 0 radical (unpaired) electrons. The minimum Gasteiger partial charge on any atom is -0.319 e. The highest BCUT2D eigenvalue weighted by Crippen LogP contribution is 2.17. The van der Waals surface area contributed by atoms with E-state index in [0.29, 0.717) is 0 Å². The van der Waals surface area contributed by atoms with Crippen LogP contribution in [-0.4, -0.2) is 38.1 Å². The van der Waals surface area contributed by atoms with Crippen LogP contribution < -0.4 is 5.32 Å². The van der Waals surface area contributed by atoms with Gasteiger partial charge in [0, 0.05) is 6.54 Å². The molecule has 1 saturated heterocycles. The van der Waals surface area contributed by atoms with E-state index >= 15 is 0 Å². The summed E-state index contributed by atoms with van der Waals surface area (Å²) >= 11 is 0. The number of likely N-dealkylation sites (tertiary alicyclic amines) is 1. The molecule has 1 fully saturated rings. The first-order chi connectivity index (χ1) is 6.76. The lowest BCUT2D eigenvalue weighted by atomic mass is 9.96. The van der Waals surface area contributed by atoms with Crippen LogP contribution in [-0.2, 0) is 0 Å². The second kappa shape index (κ2) is 6.20. The summed E-state index contributed by atoms with van der Waals surface area (Å²) < 4.78 is 0. The molecular formula is C12H24N2. The van der Waals surface area contributed by atoms with Crippen LogP contribution in [0, 0.1) is 5.92 Å². The molecule has 14 heavy (non-hydrogen) atoms. The van der Waals surface area contributed by atoms with Crippen molar-refractivity contribution in [2.45, 2.75) is 26.2 Å². The minimum absolute atomic E-state index is 0.895. The van der Waals surface area contributed by atoms with Crippen LogP contribution in [0.2, 0.25) is 0 Å². The fourth-order valence-corrected chi connectivity index (χ4v) is 2.07. The Morgan fingerprint density at radius 2 is 2.07 bits per heavy atom. The highest BCUT2D eigenvalue weighted by molar-refractivity contribution is 4.96. The van der Waals surface area contributed by atoms with Crippen LogP contribution in [0.5, 0.6) is 0 Å². The van der Waals surface area contributed by atoms with Gasteiger partial charge in [-0.15, -0.1) is 0 Å². The third-order valence-electron chi connectivity index (χ3n) is 3.15. The van der Waals surface area contributed by atoms with E-state index in [1.807, 2.05) is 7.05 Å². The molecule has 0 bridgehead atoms. The van der Waals surface area contributed by atoms with Crippen LogP contribution in [0.3, 0.4) is 0 Å². The third kappa shape index (κ3) is 3.81. The molecule has 0 aliphatic carbocycles. The van der Waals surface area contributed by atoms with Crippen LogP contribution in [0.15, 0.2) is 12.2 Å². The van der Waals surface area contributed by atoms with Gasteiger partial charge < -0.3 is 5.32 Å². The van der Waals surface area contributed by atoms with Crippen molar-refractivity contribution < 1.29 is 0 Å². The summed E-state index contributed by atoms with van der Waals surface area (Å²) in [5, 5.41) is 3.27. The van der Waals surface area contributed by atoms with Gasteiger partial charge in [-0.3, -0.25) is 4.90 Å². The van der Waals surface area contributed by atoms with E-state index in [9.17, 15) is 0 Å². The average molecular weight is 196 g/mol. The number of nitrogens with one attached hydrogen (secondary N) is 1. The van der Waals surface area contributed by atoms with E-state index in [4.69, 9.17) is 0 Å². The van der Waals surface area contributed by atoms with E-state index in [0.717, 1.165) is 18.9 Å².